The highest BCUT2D eigenvalue weighted by Gasteiger charge is 2.26. The molecule has 29 heavy (non-hydrogen) atoms. The third-order valence-corrected chi connectivity index (χ3v) is 5.61. The van der Waals surface area contributed by atoms with Crippen molar-refractivity contribution < 1.29 is 4.79 Å². The lowest BCUT2D eigenvalue weighted by Crippen LogP contribution is -2.45. The zero-order valence-electron chi connectivity index (χ0n) is 18.0. The number of likely N-dealkylation sites (tertiary alicyclic amines) is 1. The van der Waals surface area contributed by atoms with Crippen molar-refractivity contribution >= 4 is 17.7 Å². The summed E-state index contributed by atoms with van der Waals surface area (Å²) in [5, 5.41) is 6.84. The molecule has 0 aliphatic carbocycles. The molecule has 1 atom stereocenters. The normalized spacial score (nSPS) is 20.8. The van der Waals surface area contributed by atoms with Crippen molar-refractivity contribution in [1.29, 1.82) is 0 Å². The van der Waals surface area contributed by atoms with E-state index in [0.29, 0.717) is 13.0 Å². The van der Waals surface area contributed by atoms with Gasteiger partial charge in [0, 0.05) is 70.0 Å². The first kappa shape index (κ1) is 21.4. The molecule has 1 aromatic heterocycles. The number of hydrogen-bond donors (Lipinski definition) is 2. The summed E-state index contributed by atoms with van der Waals surface area (Å²) in [4.78, 5) is 28.0. The number of nitrogens with one attached hydrogen (secondary N) is 2. The molecule has 0 aromatic carbocycles. The number of anilines is 1. The van der Waals surface area contributed by atoms with Crippen LogP contribution in [-0.2, 0) is 11.3 Å². The fourth-order valence-electron chi connectivity index (χ4n) is 3.86. The monoisotopic (exact) mass is 401 g/mol. The SMILES string of the molecule is CCNC(=NCc1cccnc1N1CCN(C)CC1)NC1CCN(C(=O)CC)C1. The van der Waals surface area contributed by atoms with Gasteiger partial charge in [0.05, 0.1) is 6.54 Å². The molecule has 3 heterocycles. The van der Waals surface area contributed by atoms with Gasteiger partial charge in [0.2, 0.25) is 5.91 Å². The zero-order chi connectivity index (χ0) is 20.6. The van der Waals surface area contributed by atoms with E-state index >= 15 is 0 Å². The Balaban J connectivity index is 1.64. The number of piperazine rings is 1. The van der Waals surface area contributed by atoms with Gasteiger partial charge in [-0.1, -0.05) is 13.0 Å². The molecule has 2 N–H and O–H groups in total. The Morgan fingerprint density at radius 3 is 2.76 bits per heavy atom. The third-order valence-electron chi connectivity index (χ3n) is 5.61. The van der Waals surface area contributed by atoms with Gasteiger partial charge < -0.3 is 25.3 Å². The molecular formula is C21H35N7O. The van der Waals surface area contributed by atoms with Crippen molar-refractivity contribution in [2.45, 2.75) is 39.3 Å². The molecule has 2 fully saturated rings. The fourth-order valence-corrected chi connectivity index (χ4v) is 3.86. The molecule has 2 saturated heterocycles. The van der Waals surface area contributed by atoms with Gasteiger partial charge in [-0.2, -0.15) is 0 Å². The number of carbonyl (C=O) groups excluding carboxylic acids is 1. The molecule has 160 valence electrons. The van der Waals surface area contributed by atoms with Crippen LogP contribution in [0.4, 0.5) is 5.82 Å². The molecule has 1 unspecified atom stereocenters. The molecular weight excluding hydrogens is 366 g/mol. The van der Waals surface area contributed by atoms with E-state index in [1.165, 1.54) is 0 Å². The van der Waals surface area contributed by atoms with Crippen LogP contribution in [0.2, 0.25) is 0 Å². The maximum Gasteiger partial charge on any atom is 0.222 e. The summed E-state index contributed by atoms with van der Waals surface area (Å²) < 4.78 is 0. The van der Waals surface area contributed by atoms with Crippen LogP contribution in [0.1, 0.15) is 32.3 Å². The van der Waals surface area contributed by atoms with Crippen LogP contribution < -0.4 is 15.5 Å². The van der Waals surface area contributed by atoms with Gasteiger partial charge in [0.15, 0.2) is 5.96 Å². The summed E-state index contributed by atoms with van der Waals surface area (Å²) in [5.41, 5.74) is 1.14. The summed E-state index contributed by atoms with van der Waals surface area (Å²) in [6.45, 7) is 11.0. The number of pyridine rings is 1. The van der Waals surface area contributed by atoms with E-state index < -0.39 is 0 Å². The van der Waals surface area contributed by atoms with Crippen molar-refractivity contribution in [2.24, 2.45) is 4.99 Å². The Bertz CT molecular complexity index is 700. The summed E-state index contributed by atoms with van der Waals surface area (Å²) in [6, 6.07) is 4.34. The largest absolute Gasteiger partial charge is 0.357 e. The van der Waals surface area contributed by atoms with Crippen LogP contribution in [0.3, 0.4) is 0 Å². The van der Waals surface area contributed by atoms with Crippen molar-refractivity contribution in [3.8, 4) is 0 Å². The van der Waals surface area contributed by atoms with E-state index in [0.717, 1.165) is 69.6 Å². The van der Waals surface area contributed by atoms with E-state index in [1.54, 1.807) is 0 Å². The Morgan fingerprint density at radius 2 is 2.03 bits per heavy atom. The van der Waals surface area contributed by atoms with Crippen LogP contribution in [0, 0.1) is 0 Å². The minimum Gasteiger partial charge on any atom is -0.357 e. The number of aliphatic imine (C=N–C) groups is 1. The topological polar surface area (TPSA) is 76.1 Å². The smallest absolute Gasteiger partial charge is 0.222 e. The van der Waals surface area contributed by atoms with Crippen LogP contribution >= 0.6 is 0 Å². The Kier molecular flexibility index (Phi) is 7.69. The Hall–Kier alpha value is -2.35. The Labute approximate surface area is 174 Å². The zero-order valence-corrected chi connectivity index (χ0v) is 18.0. The molecule has 2 aliphatic rings. The first-order valence-corrected chi connectivity index (χ1v) is 10.8. The van der Waals surface area contributed by atoms with Crippen LogP contribution in [0.25, 0.3) is 0 Å². The van der Waals surface area contributed by atoms with E-state index in [4.69, 9.17) is 4.99 Å². The van der Waals surface area contributed by atoms with Crippen molar-refractivity contribution in [3.05, 3.63) is 23.9 Å². The molecule has 8 heteroatoms. The lowest BCUT2D eigenvalue weighted by molar-refractivity contribution is -0.129. The number of amides is 1. The van der Waals surface area contributed by atoms with E-state index in [-0.39, 0.29) is 11.9 Å². The van der Waals surface area contributed by atoms with E-state index in [2.05, 4.69) is 45.5 Å². The van der Waals surface area contributed by atoms with Crippen LogP contribution in [0.5, 0.6) is 0 Å². The number of carbonyl (C=O) groups is 1. The highest BCUT2D eigenvalue weighted by Crippen LogP contribution is 2.19. The average molecular weight is 402 g/mol. The van der Waals surface area contributed by atoms with Crippen molar-refractivity contribution in [1.82, 2.24) is 25.4 Å². The van der Waals surface area contributed by atoms with E-state index in [1.807, 2.05) is 24.1 Å². The number of aromatic nitrogens is 1. The van der Waals surface area contributed by atoms with Gasteiger partial charge in [-0.05, 0) is 26.5 Å². The molecule has 0 radical (unpaired) electrons. The highest BCUT2D eigenvalue weighted by atomic mass is 16.2. The lowest BCUT2D eigenvalue weighted by atomic mass is 10.2. The maximum absolute atomic E-state index is 11.9. The molecule has 0 bridgehead atoms. The molecule has 2 aliphatic heterocycles. The van der Waals surface area contributed by atoms with Gasteiger partial charge in [-0.15, -0.1) is 0 Å². The van der Waals surface area contributed by atoms with Crippen molar-refractivity contribution in [3.63, 3.8) is 0 Å². The summed E-state index contributed by atoms with van der Waals surface area (Å²) in [6.07, 6.45) is 3.38. The third kappa shape index (κ3) is 5.82. The standard InChI is InChI=1S/C21H35N7O/c1-4-19(29)28-10-8-18(16-28)25-21(22-5-2)24-15-17-7-6-9-23-20(17)27-13-11-26(3)12-14-27/h6-7,9,18H,4-5,8,10-16H2,1-3H3,(H2,22,24,25). The first-order valence-electron chi connectivity index (χ1n) is 10.8. The molecule has 1 amide bonds. The number of rotatable bonds is 6. The number of hydrogen-bond acceptors (Lipinski definition) is 5. The molecule has 0 saturated carbocycles. The predicted octanol–water partition coefficient (Wildman–Crippen LogP) is 0.899. The predicted molar refractivity (Wildman–Crippen MR) is 117 cm³/mol. The van der Waals surface area contributed by atoms with Crippen LogP contribution in [0.15, 0.2) is 23.3 Å². The minimum atomic E-state index is 0.225. The van der Waals surface area contributed by atoms with Gasteiger partial charge in [-0.25, -0.2) is 9.98 Å². The average Bonchev–Trinajstić information content (AvgIpc) is 3.21. The summed E-state index contributed by atoms with van der Waals surface area (Å²) in [5.74, 6) is 2.07. The van der Waals surface area contributed by atoms with Crippen molar-refractivity contribution in [2.75, 3.05) is 57.8 Å². The summed E-state index contributed by atoms with van der Waals surface area (Å²) in [7, 11) is 2.16. The summed E-state index contributed by atoms with van der Waals surface area (Å²) >= 11 is 0. The molecule has 8 nitrogen and oxygen atoms in total. The van der Waals surface area contributed by atoms with Gasteiger partial charge in [-0.3, -0.25) is 4.79 Å². The Morgan fingerprint density at radius 1 is 1.24 bits per heavy atom. The number of likely N-dealkylation sites (N-methyl/N-ethyl adjacent to an activating group) is 1. The minimum absolute atomic E-state index is 0.225. The molecule has 0 spiro atoms. The quantitative estimate of drug-likeness (QED) is 0.545. The first-order chi connectivity index (χ1) is 14.1. The second-order valence-electron chi connectivity index (χ2n) is 7.79. The van der Waals surface area contributed by atoms with Gasteiger partial charge >= 0.3 is 0 Å². The lowest BCUT2D eigenvalue weighted by Gasteiger charge is -2.34. The number of nitrogens with zero attached hydrogens (tertiary/aromatic N) is 5. The second kappa shape index (κ2) is 10.4. The van der Waals surface area contributed by atoms with E-state index in [9.17, 15) is 4.79 Å². The van der Waals surface area contributed by atoms with Crippen LogP contribution in [-0.4, -0.2) is 85.6 Å². The molecule has 3 rings (SSSR count). The maximum atomic E-state index is 11.9. The van der Waals surface area contributed by atoms with Gasteiger partial charge in [0.25, 0.3) is 0 Å². The fraction of sp³-hybridized carbons (Fsp3) is 0.667. The number of guanidine groups is 1. The molecule has 1 aromatic rings. The highest BCUT2D eigenvalue weighted by molar-refractivity contribution is 5.80. The van der Waals surface area contributed by atoms with Gasteiger partial charge in [0.1, 0.15) is 5.82 Å². The second-order valence-corrected chi connectivity index (χ2v) is 7.79.